The van der Waals surface area contributed by atoms with Gasteiger partial charge in [0.15, 0.2) is 5.16 Å². The van der Waals surface area contributed by atoms with Crippen molar-refractivity contribution in [1.29, 1.82) is 0 Å². The van der Waals surface area contributed by atoms with Gasteiger partial charge in [-0.25, -0.2) is 15.0 Å². The fraction of sp³-hybridized carbons (Fsp3) is 0.450. The maximum Gasteiger partial charge on any atom is 0.189 e. The van der Waals surface area contributed by atoms with Crippen LogP contribution >= 0.6 is 23.1 Å². The highest BCUT2D eigenvalue weighted by Crippen LogP contribution is 2.38. The number of hydrogen-bond acceptors (Lipinski definition) is 7. The lowest BCUT2D eigenvalue weighted by Gasteiger charge is -2.25. The fourth-order valence-corrected chi connectivity index (χ4v) is 4.98. The third kappa shape index (κ3) is 3.95. The van der Waals surface area contributed by atoms with Crippen LogP contribution in [-0.4, -0.2) is 38.0 Å². The van der Waals surface area contributed by atoms with E-state index in [-0.39, 0.29) is 0 Å². The monoisotopic (exact) mass is 400 g/mol. The second-order valence-corrected chi connectivity index (χ2v) is 9.41. The molecule has 1 fully saturated rings. The lowest BCUT2D eigenvalue weighted by Crippen LogP contribution is -2.30. The summed E-state index contributed by atoms with van der Waals surface area (Å²) in [4.78, 5) is 14.0. The van der Waals surface area contributed by atoms with Gasteiger partial charge in [0.2, 0.25) is 0 Å². The number of fused-ring (bicyclic) bond motifs is 1. The van der Waals surface area contributed by atoms with E-state index in [1.54, 1.807) is 11.3 Å². The van der Waals surface area contributed by atoms with Gasteiger partial charge in [0.25, 0.3) is 0 Å². The quantitative estimate of drug-likeness (QED) is 0.472. The number of rotatable bonds is 5. The van der Waals surface area contributed by atoms with Crippen molar-refractivity contribution in [2.45, 2.75) is 49.9 Å². The number of aliphatic hydroxyl groups is 1. The zero-order valence-electron chi connectivity index (χ0n) is 15.8. The fourth-order valence-electron chi connectivity index (χ4n) is 3.67. The van der Waals surface area contributed by atoms with Gasteiger partial charge < -0.3 is 10.4 Å². The second kappa shape index (κ2) is 7.37. The summed E-state index contributed by atoms with van der Waals surface area (Å²) >= 11 is 3.20. The van der Waals surface area contributed by atoms with Gasteiger partial charge in [-0.15, -0.1) is 11.3 Å². The summed E-state index contributed by atoms with van der Waals surface area (Å²) in [5.74, 6) is 1.15. The van der Waals surface area contributed by atoms with Crippen molar-refractivity contribution >= 4 is 39.1 Å². The molecule has 27 heavy (non-hydrogen) atoms. The molecule has 0 radical (unpaired) electrons. The molecule has 4 rings (SSSR count). The van der Waals surface area contributed by atoms with Crippen LogP contribution < -0.4 is 5.32 Å². The Hall–Kier alpha value is -1.70. The molecule has 1 saturated carbocycles. The number of anilines is 1. The Bertz CT molecular complexity index is 918. The van der Waals surface area contributed by atoms with Crippen molar-refractivity contribution < 1.29 is 5.11 Å². The molecule has 0 aliphatic heterocycles. The first-order chi connectivity index (χ1) is 12.9. The standard InChI is InChI=1S/C20H24N4OS2/c1-20(2,25)12-8-9-13(10-12)22-17-14(11-21-19(24-17)26-3)18-23-15-6-4-5-7-16(15)27-18/h4-7,11-13,25H,8-10H2,1-3H3,(H,21,22,24)/t12-,13+/m1/s1. The Balaban J connectivity index is 1.65. The van der Waals surface area contributed by atoms with Crippen molar-refractivity contribution in [1.82, 2.24) is 15.0 Å². The molecule has 1 aliphatic carbocycles. The molecule has 142 valence electrons. The Labute approximate surface area is 167 Å². The summed E-state index contributed by atoms with van der Waals surface area (Å²) in [6.45, 7) is 3.81. The van der Waals surface area contributed by atoms with E-state index in [9.17, 15) is 5.11 Å². The highest BCUT2D eigenvalue weighted by atomic mass is 32.2. The first-order valence-corrected chi connectivity index (χ1v) is 11.2. The normalized spacial score (nSPS) is 20.3. The van der Waals surface area contributed by atoms with Crippen LogP contribution in [0.3, 0.4) is 0 Å². The SMILES string of the molecule is CSc1ncc(-c2nc3ccccc3s2)c(N[C@H]2CC[C@@H](C(C)(C)O)C2)n1. The third-order valence-electron chi connectivity index (χ3n) is 5.25. The van der Waals surface area contributed by atoms with Crippen molar-refractivity contribution in [2.24, 2.45) is 5.92 Å². The number of thiazole rings is 1. The maximum atomic E-state index is 10.3. The molecule has 0 spiro atoms. The molecule has 2 atom stereocenters. The zero-order chi connectivity index (χ0) is 19.0. The zero-order valence-corrected chi connectivity index (χ0v) is 17.4. The smallest absolute Gasteiger partial charge is 0.189 e. The lowest BCUT2D eigenvalue weighted by atomic mass is 9.89. The minimum absolute atomic E-state index is 0.305. The van der Waals surface area contributed by atoms with E-state index in [0.717, 1.165) is 51.0 Å². The average molecular weight is 401 g/mol. The largest absolute Gasteiger partial charge is 0.390 e. The van der Waals surface area contributed by atoms with Crippen LogP contribution in [0.4, 0.5) is 5.82 Å². The van der Waals surface area contributed by atoms with Gasteiger partial charge in [0.1, 0.15) is 10.8 Å². The molecule has 0 unspecified atom stereocenters. The Morgan fingerprint density at radius 3 is 2.74 bits per heavy atom. The molecule has 7 heteroatoms. The van der Waals surface area contributed by atoms with Gasteiger partial charge in [-0.3, -0.25) is 0 Å². The van der Waals surface area contributed by atoms with Gasteiger partial charge >= 0.3 is 0 Å². The van der Waals surface area contributed by atoms with Crippen molar-refractivity contribution in [2.75, 3.05) is 11.6 Å². The van der Waals surface area contributed by atoms with Crippen molar-refractivity contribution in [3.63, 3.8) is 0 Å². The second-order valence-electron chi connectivity index (χ2n) is 7.61. The van der Waals surface area contributed by atoms with E-state index >= 15 is 0 Å². The third-order valence-corrected chi connectivity index (χ3v) is 6.88. The predicted molar refractivity (Wildman–Crippen MR) is 113 cm³/mol. The molecule has 1 aromatic carbocycles. The van der Waals surface area contributed by atoms with Crippen molar-refractivity contribution in [3.8, 4) is 10.6 Å². The summed E-state index contributed by atoms with van der Waals surface area (Å²) in [6.07, 6.45) is 6.86. The van der Waals surface area contributed by atoms with E-state index in [0.29, 0.717) is 12.0 Å². The first-order valence-electron chi connectivity index (χ1n) is 9.20. The number of nitrogens with zero attached hydrogens (tertiary/aromatic N) is 3. The molecule has 2 heterocycles. The van der Waals surface area contributed by atoms with Crippen LogP contribution in [-0.2, 0) is 0 Å². The summed E-state index contributed by atoms with van der Waals surface area (Å²) in [6, 6.07) is 8.47. The van der Waals surface area contributed by atoms with Crippen LogP contribution in [0.15, 0.2) is 35.6 Å². The highest BCUT2D eigenvalue weighted by Gasteiger charge is 2.35. The highest BCUT2D eigenvalue weighted by molar-refractivity contribution is 7.98. The minimum Gasteiger partial charge on any atom is -0.390 e. The Morgan fingerprint density at radius 2 is 2.04 bits per heavy atom. The number of thioether (sulfide) groups is 1. The van der Waals surface area contributed by atoms with E-state index in [2.05, 4.69) is 16.4 Å². The summed E-state index contributed by atoms with van der Waals surface area (Å²) < 4.78 is 1.16. The first kappa shape index (κ1) is 18.7. The van der Waals surface area contributed by atoms with E-state index in [1.165, 1.54) is 11.8 Å². The number of nitrogens with one attached hydrogen (secondary N) is 1. The number of para-hydroxylation sites is 1. The molecule has 0 bridgehead atoms. The van der Waals surface area contributed by atoms with Gasteiger partial charge in [-0.1, -0.05) is 23.9 Å². The molecule has 3 aromatic rings. The van der Waals surface area contributed by atoms with Gasteiger partial charge in [0, 0.05) is 12.2 Å². The molecule has 0 saturated heterocycles. The van der Waals surface area contributed by atoms with E-state index in [1.807, 2.05) is 44.5 Å². The summed E-state index contributed by atoms with van der Waals surface area (Å²) in [7, 11) is 0. The molecule has 2 N–H and O–H groups in total. The Morgan fingerprint density at radius 1 is 1.22 bits per heavy atom. The predicted octanol–water partition coefficient (Wildman–Crippen LogP) is 4.83. The number of hydrogen-bond donors (Lipinski definition) is 2. The minimum atomic E-state index is -0.637. The molecule has 2 aromatic heterocycles. The van der Waals surface area contributed by atoms with Gasteiger partial charge in [-0.05, 0) is 57.4 Å². The number of benzene rings is 1. The summed E-state index contributed by atoms with van der Waals surface area (Å²) in [5, 5.41) is 15.6. The molecule has 1 aliphatic rings. The number of aromatic nitrogens is 3. The van der Waals surface area contributed by atoms with Crippen LogP contribution in [0.2, 0.25) is 0 Å². The van der Waals surface area contributed by atoms with Gasteiger partial charge in [-0.2, -0.15) is 0 Å². The molecular weight excluding hydrogens is 376 g/mol. The van der Waals surface area contributed by atoms with E-state index in [4.69, 9.17) is 9.97 Å². The van der Waals surface area contributed by atoms with Crippen LogP contribution in [0.5, 0.6) is 0 Å². The topological polar surface area (TPSA) is 70.9 Å². The van der Waals surface area contributed by atoms with Gasteiger partial charge in [0.05, 0.1) is 21.4 Å². The van der Waals surface area contributed by atoms with Crippen LogP contribution in [0.1, 0.15) is 33.1 Å². The van der Waals surface area contributed by atoms with Crippen molar-refractivity contribution in [3.05, 3.63) is 30.5 Å². The van der Waals surface area contributed by atoms with Crippen LogP contribution in [0.25, 0.3) is 20.8 Å². The van der Waals surface area contributed by atoms with E-state index < -0.39 is 5.60 Å². The lowest BCUT2D eigenvalue weighted by molar-refractivity contribution is 0.0197. The molecule has 5 nitrogen and oxygen atoms in total. The summed E-state index contributed by atoms with van der Waals surface area (Å²) in [5.41, 5.74) is 1.31. The maximum absolute atomic E-state index is 10.3. The Kier molecular flexibility index (Phi) is 5.09. The average Bonchev–Trinajstić information content (AvgIpc) is 3.28. The van der Waals surface area contributed by atoms with Crippen LogP contribution in [0, 0.1) is 5.92 Å². The molecule has 0 amide bonds. The molecular formula is C20H24N4OS2.